The van der Waals surface area contributed by atoms with Crippen molar-refractivity contribution in [3.05, 3.63) is 131 Å². The van der Waals surface area contributed by atoms with Gasteiger partial charge in [-0.15, -0.1) is 0 Å². The smallest absolute Gasteiger partial charge is 0.338 e. The zero-order chi connectivity index (χ0) is 26.4. The van der Waals surface area contributed by atoms with E-state index in [0.717, 1.165) is 16.7 Å². The van der Waals surface area contributed by atoms with Crippen molar-refractivity contribution < 1.29 is 18.8 Å². The van der Waals surface area contributed by atoms with Gasteiger partial charge < -0.3 is 4.74 Å². The Hall–Kier alpha value is -4.92. The van der Waals surface area contributed by atoms with Crippen molar-refractivity contribution in [3.63, 3.8) is 0 Å². The molecule has 11 nitrogen and oxygen atoms in total. The summed E-state index contributed by atoms with van der Waals surface area (Å²) in [6.45, 7) is -0.202. The van der Waals surface area contributed by atoms with Crippen molar-refractivity contribution in [3.8, 4) is 0 Å². The zero-order valence-electron chi connectivity index (χ0n) is 19.3. The predicted molar refractivity (Wildman–Crippen MR) is 131 cm³/mol. The lowest BCUT2D eigenvalue weighted by Crippen LogP contribution is -2.26. The number of fused-ring (bicyclic) bond motifs is 2. The Morgan fingerprint density at radius 2 is 1.81 bits per heavy atom. The molecule has 0 saturated heterocycles. The molecule has 0 N–H and O–H groups in total. The highest BCUT2D eigenvalue weighted by atomic mass is 19.1. The van der Waals surface area contributed by atoms with Crippen LogP contribution in [0.2, 0.25) is 0 Å². The third kappa shape index (κ3) is 5.67. The Morgan fingerprint density at radius 1 is 1.08 bits per heavy atom. The fourth-order valence-corrected chi connectivity index (χ4v) is 4.61. The molecule has 37 heavy (non-hydrogen) atoms. The zero-order valence-corrected chi connectivity index (χ0v) is 19.3. The number of rotatable bonds is 8. The number of azide groups is 2. The van der Waals surface area contributed by atoms with E-state index in [0.29, 0.717) is 12.0 Å². The van der Waals surface area contributed by atoms with Crippen LogP contribution in [-0.4, -0.2) is 23.5 Å². The molecule has 0 saturated carbocycles. The molecule has 3 aromatic carbocycles. The summed E-state index contributed by atoms with van der Waals surface area (Å²) in [4.78, 5) is 29.0. The van der Waals surface area contributed by atoms with Crippen LogP contribution in [0.4, 0.5) is 10.1 Å². The minimum atomic E-state index is -0.928. The lowest BCUT2D eigenvalue weighted by Gasteiger charge is -2.28. The maximum atomic E-state index is 14.3. The first-order valence-electron chi connectivity index (χ1n) is 11.3. The van der Waals surface area contributed by atoms with Gasteiger partial charge in [-0.1, -0.05) is 40.6 Å². The number of nitro groups is 1. The topological polar surface area (TPSA) is 167 Å². The molecular weight excluding hydrogens is 481 g/mol. The second-order valence-electron chi connectivity index (χ2n) is 8.46. The minimum Gasteiger partial charge on any atom is -0.459 e. The molecule has 1 aliphatic carbocycles. The van der Waals surface area contributed by atoms with E-state index in [9.17, 15) is 24.8 Å². The summed E-state index contributed by atoms with van der Waals surface area (Å²) >= 11 is 0. The molecule has 0 spiro atoms. The van der Waals surface area contributed by atoms with E-state index >= 15 is 0 Å². The Balaban J connectivity index is 1.71. The summed E-state index contributed by atoms with van der Waals surface area (Å²) < 4.78 is 19.9. The number of ether oxygens (including phenoxy) is 1. The van der Waals surface area contributed by atoms with Gasteiger partial charge in [0.15, 0.2) is 0 Å². The van der Waals surface area contributed by atoms with Crippen LogP contribution in [0, 0.1) is 15.9 Å². The van der Waals surface area contributed by atoms with Crippen molar-refractivity contribution in [2.45, 2.75) is 30.9 Å². The SMILES string of the molecule is [N-]=[N+]=NC[C@H](C[C@@H]1c2ccccc2Cc2ccc(F)cc2[C@H]1N=[N+]=[N-])OC(=O)c1ccc([N+](=O)[O-])cc1. The summed E-state index contributed by atoms with van der Waals surface area (Å²) in [7, 11) is 0. The predicted octanol–water partition coefficient (Wildman–Crippen LogP) is 6.70. The van der Waals surface area contributed by atoms with Gasteiger partial charge in [0, 0.05) is 27.9 Å². The summed E-state index contributed by atoms with van der Waals surface area (Å²) in [5.74, 6) is -1.77. The molecule has 0 amide bonds. The highest BCUT2D eigenvalue weighted by molar-refractivity contribution is 5.89. The standard InChI is InChI=1S/C25H20FN7O4/c26-18-8-5-17-11-16-3-1-2-4-21(16)23(24(30-32-28)22(17)12-18)13-20(14-29-31-27)37-25(34)15-6-9-19(10-7-15)33(35)36/h1-10,12,20,23-24H,11,13-14H2/t20-,23+,24+/m0/s1. The second-order valence-corrected chi connectivity index (χ2v) is 8.46. The van der Waals surface area contributed by atoms with E-state index in [1.54, 1.807) is 6.07 Å². The summed E-state index contributed by atoms with van der Waals surface area (Å²) in [5, 5.41) is 18.5. The van der Waals surface area contributed by atoms with Crippen LogP contribution >= 0.6 is 0 Å². The number of nitro benzene ring substituents is 1. The third-order valence-corrected chi connectivity index (χ3v) is 6.27. The van der Waals surface area contributed by atoms with Gasteiger partial charge in [-0.25, -0.2) is 9.18 Å². The van der Waals surface area contributed by atoms with Crippen LogP contribution in [-0.2, 0) is 11.2 Å². The molecule has 0 aromatic heterocycles. The molecule has 0 fully saturated rings. The van der Waals surface area contributed by atoms with Gasteiger partial charge in [0.25, 0.3) is 5.69 Å². The Kier molecular flexibility index (Phi) is 7.63. The van der Waals surface area contributed by atoms with Crippen molar-refractivity contribution in [2.75, 3.05) is 6.54 Å². The number of hydrogen-bond donors (Lipinski definition) is 0. The maximum absolute atomic E-state index is 14.3. The fourth-order valence-electron chi connectivity index (χ4n) is 4.61. The molecular formula is C25H20FN7O4. The number of carbonyl (C=O) groups excluding carboxylic acids is 1. The normalized spacial score (nSPS) is 16.6. The number of carbonyl (C=O) groups is 1. The van der Waals surface area contributed by atoms with Gasteiger partial charge >= 0.3 is 5.97 Å². The average Bonchev–Trinajstić information content (AvgIpc) is 3.02. The number of non-ortho nitro benzene ring substituents is 1. The van der Waals surface area contributed by atoms with E-state index < -0.39 is 34.8 Å². The van der Waals surface area contributed by atoms with E-state index in [1.165, 1.54) is 36.4 Å². The number of esters is 1. The fraction of sp³-hybridized carbons (Fsp3) is 0.240. The average molecular weight is 501 g/mol. The quantitative estimate of drug-likeness (QED) is 0.0836. The number of hydrogen-bond acceptors (Lipinski definition) is 6. The molecule has 4 rings (SSSR count). The van der Waals surface area contributed by atoms with Crippen molar-refractivity contribution in [1.82, 2.24) is 0 Å². The molecule has 0 heterocycles. The molecule has 1 aliphatic rings. The molecule has 186 valence electrons. The highest BCUT2D eigenvalue weighted by Gasteiger charge is 2.34. The van der Waals surface area contributed by atoms with Crippen LogP contribution in [0.5, 0.6) is 0 Å². The molecule has 0 bridgehead atoms. The molecule has 3 aromatic rings. The van der Waals surface area contributed by atoms with E-state index in [1.807, 2.05) is 24.3 Å². The lowest BCUT2D eigenvalue weighted by atomic mass is 9.83. The number of nitrogens with zero attached hydrogens (tertiary/aromatic N) is 7. The van der Waals surface area contributed by atoms with Crippen LogP contribution < -0.4 is 0 Å². The number of halogens is 1. The summed E-state index contributed by atoms with van der Waals surface area (Å²) in [6.07, 6.45) is -0.333. The Morgan fingerprint density at radius 3 is 2.51 bits per heavy atom. The second kappa shape index (κ2) is 11.2. The van der Waals surface area contributed by atoms with Gasteiger partial charge in [-0.05, 0) is 70.4 Å². The van der Waals surface area contributed by atoms with Crippen molar-refractivity contribution in [1.29, 1.82) is 0 Å². The van der Waals surface area contributed by atoms with E-state index in [-0.39, 0.29) is 24.2 Å². The lowest BCUT2D eigenvalue weighted by molar-refractivity contribution is -0.384. The van der Waals surface area contributed by atoms with Crippen LogP contribution in [0.1, 0.15) is 51.0 Å². The van der Waals surface area contributed by atoms with Crippen LogP contribution in [0.15, 0.2) is 77.0 Å². The monoisotopic (exact) mass is 501 g/mol. The van der Waals surface area contributed by atoms with E-state index in [4.69, 9.17) is 10.3 Å². The van der Waals surface area contributed by atoms with Gasteiger partial charge in [0.05, 0.1) is 23.1 Å². The maximum Gasteiger partial charge on any atom is 0.338 e. The first kappa shape index (κ1) is 25.2. The first-order chi connectivity index (χ1) is 17.9. The van der Waals surface area contributed by atoms with E-state index in [2.05, 4.69) is 20.1 Å². The molecule has 0 aliphatic heterocycles. The van der Waals surface area contributed by atoms with Gasteiger partial charge in [0.2, 0.25) is 0 Å². The minimum absolute atomic E-state index is 0.0804. The first-order valence-corrected chi connectivity index (χ1v) is 11.3. The largest absolute Gasteiger partial charge is 0.459 e. The highest BCUT2D eigenvalue weighted by Crippen LogP contribution is 2.44. The third-order valence-electron chi connectivity index (χ3n) is 6.27. The molecule has 12 heteroatoms. The van der Waals surface area contributed by atoms with Gasteiger partial charge in [0.1, 0.15) is 11.9 Å². The van der Waals surface area contributed by atoms with Crippen molar-refractivity contribution >= 4 is 11.7 Å². The van der Waals surface area contributed by atoms with Gasteiger partial charge in [-0.3, -0.25) is 10.1 Å². The summed E-state index contributed by atoms with van der Waals surface area (Å²) in [5.41, 5.74) is 21.3. The molecule has 3 atom stereocenters. The molecule has 0 radical (unpaired) electrons. The molecule has 0 unspecified atom stereocenters. The Labute approximate surface area is 209 Å². The van der Waals surface area contributed by atoms with Crippen molar-refractivity contribution in [2.24, 2.45) is 10.2 Å². The summed E-state index contributed by atoms with van der Waals surface area (Å²) in [6, 6.07) is 16.0. The Bertz CT molecular complexity index is 1430. The van der Waals surface area contributed by atoms with Crippen LogP contribution in [0.3, 0.4) is 0 Å². The van der Waals surface area contributed by atoms with Crippen LogP contribution in [0.25, 0.3) is 20.9 Å². The number of benzene rings is 3. The van der Waals surface area contributed by atoms with Gasteiger partial charge in [-0.2, -0.15) is 0 Å².